The maximum atomic E-state index is 13.1. The number of hydrogen-bond acceptors (Lipinski definition) is 2. The molecule has 0 unspecified atom stereocenters. The molecule has 1 aromatic carbocycles. The van der Waals surface area contributed by atoms with Crippen LogP contribution in [0.2, 0.25) is 0 Å². The van der Waals surface area contributed by atoms with Gasteiger partial charge >= 0.3 is 0 Å². The molecule has 0 spiro atoms. The summed E-state index contributed by atoms with van der Waals surface area (Å²) in [4.78, 5) is 0. The van der Waals surface area contributed by atoms with Crippen molar-refractivity contribution in [3.05, 3.63) is 35.4 Å². The Morgan fingerprint density at radius 1 is 1.36 bits per heavy atom. The Labute approximate surface area is 85.9 Å². The topological polar surface area (TPSA) is 12.0 Å². The van der Waals surface area contributed by atoms with Crippen LogP contribution < -0.4 is 5.32 Å². The zero-order chi connectivity index (χ0) is 9.97. The van der Waals surface area contributed by atoms with Gasteiger partial charge in [-0.25, -0.2) is 8.78 Å². The van der Waals surface area contributed by atoms with E-state index in [0.29, 0.717) is 18.2 Å². The van der Waals surface area contributed by atoms with Crippen LogP contribution in [0.15, 0.2) is 18.2 Å². The predicted octanol–water partition coefficient (Wildman–Crippen LogP) is 2.17. The maximum Gasteiger partial charge on any atom is 0.127 e. The van der Waals surface area contributed by atoms with E-state index in [1.165, 1.54) is 12.1 Å². The van der Waals surface area contributed by atoms with Gasteiger partial charge in [-0.2, -0.15) is 11.8 Å². The molecule has 1 N–H and O–H groups in total. The normalized spacial score (nSPS) is 16.7. The molecule has 2 rings (SSSR count). The summed E-state index contributed by atoms with van der Waals surface area (Å²) in [7, 11) is 0. The molecule has 4 heteroatoms. The van der Waals surface area contributed by atoms with E-state index in [2.05, 4.69) is 5.32 Å². The summed E-state index contributed by atoms with van der Waals surface area (Å²) < 4.78 is 25.9. The van der Waals surface area contributed by atoms with E-state index >= 15 is 0 Å². The minimum Gasteiger partial charge on any atom is -0.308 e. The number of halogens is 2. The average Bonchev–Trinajstić information content (AvgIpc) is 2.08. The van der Waals surface area contributed by atoms with Crippen LogP contribution in [0.4, 0.5) is 8.78 Å². The largest absolute Gasteiger partial charge is 0.308 e. The first kappa shape index (κ1) is 9.93. The van der Waals surface area contributed by atoms with Crippen molar-refractivity contribution < 1.29 is 8.78 Å². The lowest BCUT2D eigenvalue weighted by Crippen LogP contribution is -2.39. The third-order valence-corrected chi connectivity index (χ3v) is 3.50. The lowest BCUT2D eigenvalue weighted by atomic mass is 10.2. The SMILES string of the molecule is Fc1ccc(F)c(CNC2CSC2)c1. The van der Waals surface area contributed by atoms with Crippen LogP contribution in [0.5, 0.6) is 0 Å². The number of rotatable bonds is 3. The smallest absolute Gasteiger partial charge is 0.127 e. The summed E-state index contributed by atoms with van der Waals surface area (Å²) in [6.07, 6.45) is 0. The van der Waals surface area contributed by atoms with Crippen molar-refractivity contribution in [2.75, 3.05) is 11.5 Å². The van der Waals surface area contributed by atoms with Gasteiger partial charge in [-0.3, -0.25) is 0 Å². The predicted molar refractivity (Wildman–Crippen MR) is 54.3 cm³/mol. The van der Waals surface area contributed by atoms with Crippen molar-refractivity contribution in [3.63, 3.8) is 0 Å². The summed E-state index contributed by atoms with van der Waals surface area (Å²) in [5, 5.41) is 3.18. The fourth-order valence-corrected chi connectivity index (χ4v) is 1.99. The van der Waals surface area contributed by atoms with E-state index in [-0.39, 0.29) is 11.6 Å². The Bertz CT molecular complexity index is 326. The minimum absolute atomic E-state index is 0.342. The van der Waals surface area contributed by atoms with E-state index in [9.17, 15) is 8.78 Å². The Morgan fingerprint density at radius 3 is 2.79 bits per heavy atom. The number of hydrogen-bond donors (Lipinski definition) is 1. The van der Waals surface area contributed by atoms with Gasteiger partial charge in [0.15, 0.2) is 0 Å². The van der Waals surface area contributed by atoms with Crippen LogP contribution in [0.3, 0.4) is 0 Å². The highest BCUT2D eigenvalue weighted by molar-refractivity contribution is 8.00. The van der Waals surface area contributed by atoms with E-state index < -0.39 is 0 Å². The molecule has 0 bridgehead atoms. The zero-order valence-electron chi connectivity index (χ0n) is 7.59. The molecule has 1 fully saturated rings. The molecule has 14 heavy (non-hydrogen) atoms. The Balaban J connectivity index is 1.96. The van der Waals surface area contributed by atoms with Crippen LogP contribution in [0, 0.1) is 11.6 Å². The van der Waals surface area contributed by atoms with Crippen LogP contribution in [-0.4, -0.2) is 17.5 Å². The molecular formula is C10H11F2NS. The quantitative estimate of drug-likeness (QED) is 0.829. The molecule has 0 saturated carbocycles. The monoisotopic (exact) mass is 215 g/mol. The average molecular weight is 215 g/mol. The highest BCUT2D eigenvalue weighted by Gasteiger charge is 2.17. The van der Waals surface area contributed by atoms with Gasteiger partial charge in [-0.1, -0.05) is 0 Å². The van der Waals surface area contributed by atoms with Gasteiger partial charge in [0.25, 0.3) is 0 Å². The summed E-state index contributed by atoms with van der Waals surface area (Å²) in [6, 6.07) is 4.01. The molecular weight excluding hydrogens is 204 g/mol. The first-order valence-electron chi connectivity index (χ1n) is 4.51. The number of benzene rings is 1. The second-order valence-electron chi connectivity index (χ2n) is 3.35. The van der Waals surface area contributed by atoms with Crippen molar-refractivity contribution in [3.8, 4) is 0 Å². The Hall–Kier alpha value is -0.610. The van der Waals surface area contributed by atoms with Gasteiger partial charge in [-0.15, -0.1) is 0 Å². The maximum absolute atomic E-state index is 13.1. The lowest BCUT2D eigenvalue weighted by Gasteiger charge is -2.26. The van der Waals surface area contributed by atoms with Gasteiger partial charge in [0, 0.05) is 29.7 Å². The molecule has 1 nitrogen and oxygen atoms in total. The first-order valence-corrected chi connectivity index (χ1v) is 5.66. The highest BCUT2D eigenvalue weighted by Crippen LogP contribution is 2.18. The standard InChI is InChI=1S/C10H11F2NS/c11-8-1-2-10(12)7(3-8)4-13-9-5-14-6-9/h1-3,9,13H,4-6H2. The van der Waals surface area contributed by atoms with Crippen molar-refractivity contribution in [2.24, 2.45) is 0 Å². The summed E-state index contributed by atoms with van der Waals surface area (Å²) in [5.74, 6) is 1.41. The molecule has 0 radical (unpaired) electrons. The van der Waals surface area contributed by atoms with E-state index in [1.807, 2.05) is 11.8 Å². The van der Waals surface area contributed by atoms with Gasteiger partial charge in [0.05, 0.1) is 0 Å². The molecule has 1 heterocycles. The van der Waals surface area contributed by atoms with Crippen molar-refractivity contribution in [2.45, 2.75) is 12.6 Å². The number of thioether (sulfide) groups is 1. The van der Waals surface area contributed by atoms with Gasteiger partial charge in [0.2, 0.25) is 0 Å². The lowest BCUT2D eigenvalue weighted by molar-refractivity contribution is 0.540. The van der Waals surface area contributed by atoms with Crippen LogP contribution in [0.25, 0.3) is 0 Å². The van der Waals surface area contributed by atoms with E-state index in [1.54, 1.807) is 0 Å². The third kappa shape index (κ3) is 2.25. The molecule has 0 aliphatic carbocycles. The molecule has 0 amide bonds. The van der Waals surface area contributed by atoms with Crippen molar-refractivity contribution in [1.82, 2.24) is 5.32 Å². The summed E-state index contributed by atoms with van der Waals surface area (Å²) in [6.45, 7) is 0.412. The molecule has 0 atom stereocenters. The Kier molecular flexibility index (Phi) is 3.03. The Morgan fingerprint density at radius 2 is 2.14 bits per heavy atom. The highest BCUT2D eigenvalue weighted by atomic mass is 32.2. The first-order chi connectivity index (χ1) is 6.75. The molecule has 1 aliphatic rings. The summed E-state index contributed by atoms with van der Waals surface area (Å²) in [5.41, 5.74) is 0.405. The molecule has 1 saturated heterocycles. The van der Waals surface area contributed by atoms with E-state index in [4.69, 9.17) is 0 Å². The minimum atomic E-state index is -0.383. The van der Waals surface area contributed by atoms with Crippen LogP contribution in [-0.2, 0) is 6.54 Å². The van der Waals surface area contributed by atoms with E-state index in [0.717, 1.165) is 17.6 Å². The third-order valence-electron chi connectivity index (χ3n) is 2.23. The van der Waals surface area contributed by atoms with Gasteiger partial charge in [0.1, 0.15) is 11.6 Å². The molecule has 76 valence electrons. The van der Waals surface area contributed by atoms with Crippen molar-refractivity contribution in [1.29, 1.82) is 0 Å². The second kappa shape index (κ2) is 4.28. The van der Waals surface area contributed by atoms with Gasteiger partial charge < -0.3 is 5.32 Å². The van der Waals surface area contributed by atoms with Crippen molar-refractivity contribution >= 4 is 11.8 Å². The fourth-order valence-electron chi connectivity index (χ4n) is 1.29. The second-order valence-corrected chi connectivity index (χ2v) is 4.43. The molecule has 1 aromatic rings. The molecule has 1 aliphatic heterocycles. The van der Waals surface area contributed by atoms with Crippen LogP contribution >= 0.6 is 11.8 Å². The zero-order valence-corrected chi connectivity index (χ0v) is 8.41. The number of nitrogens with one attached hydrogen (secondary N) is 1. The fraction of sp³-hybridized carbons (Fsp3) is 0.400. The van der Waals surface area contributed by atoms with Gasteiger partial charge in [-0.05, 0) is 18.2 Å². The van der Waals surface area contributed by atoms with Crippen LogP contribution in [0.1, 0.15) is 5.56 Å². The molecule has 0 aromatic heterocycles. The summed E-state index contributed by atoms with van der Waals surface area (Å²) >= 11 is 1.86.